The fourth-order valence-electron chi connectivity index (χ4n) is 2.93. The van der Waals surface area contributed by atoms with Crippen molar-refractivity contribution in [2.24, 2.45) is 0 Å². The molecule has 1 aromatic carbocycles. The SMILES string of the molecule is CC(C)Oc1ccc(C(=O)C2CCCc3sccc32)cc1. The third-order valence-corrected chi connectivity index (χ3v) is 4.88. The number of thiophene rings is 1. The lowest BCUT2D eigenvalue weighted by molar-refractivity contribution is 0.0951. The second-order valence-electron chi connectivity index (χ2n) is 5.80. The molecule has 1 unspecified atom stereocenters. The van der Waals surface area contributed by atoms with Gasteiger partial charge in [-0.3, -0.25) is 4.79 Å². The Morgan fingerprint density at radius 3 is 2.71 bits per heavy atom. The Morgan fingerprint density at radius 2 is 2.00 bits per heavy atom. The molecular weight excluding hydrogens is 280 g/mol. The Balaban J connectivity index is 1.80. The summed E-state index contributed by atoms with van der Waals surface area (Å²) in [6.07, 6.45) is 3.35. The first-order chi connectivity index (χ1) is 10.1. The molecule has 0 aliphatic heterocycles. The number of ether oxygens (including phenoxy) is 1. The largest absolute Gasteiger partial charge is 0.491 e. The van der Waals surface area contributed by atoms with Crippen molar-refractivity contribution in [1.82, 2.24) is 0 Å². The third kappa shape index (κ3) is 3.03. The fraction of sp³-hybridized carbons (Fsp3) is 0.389. The minimum atomic E-state index is 0.0388. The first-order valence-electron chi connectivity index (χ1n) is 7.52. The van der Waals surface area contributed by atoms with Gasteiger partial charge >= 0.3 is 0 Å². The lowest BCUT2D eigenvalue weighted by atomic mass is 9.82. The zero-order valence-corrected chi connectivity index (χ0v) is 13.3. The number of hydrogen-bond donors (Lipinski definition) is 0. The molecule has 0 radical (unpaired) electrons. The lowest BCUT2D eigenvalue weighted by Gasteiger charge is -2.21. The van der Waals surface area contributed by atoms with Crippen LogP contribution in [0.3, 0.4) is 0 Å². The standard InChI is InChI=1S/C18H20O2S/c1-12(2)20-14-8-6-13(7-9-14)18(19)16-4-3-5-17-15(16)10-11-21-17/h6-12,16H,3-5H2,1-2H3. The van der Waals surface area contributed by atoms with Gasteiger partial charge in [0.25, 0.3) is 0 Å². The number of fused-ring (bicyclic) bond motifs is 1. The van der Waals surface area contributed by atoms with E-state index in [2.05, 4.69) is 11.4 Å². The van der Waals surface area contributed by atoms with Crippen molar-refractivity contribution in [2.75, 3.05) is 0 Å². The maximum atomic E-state index is 12.8. The maximum Gasteiger partial charge on any atom is 0.170 e. The summed E-state index contributed by atoms with van der Waals surface area (Å²) in [6, 6.07) is 9.69. The van der Waals surface area contributed by atoms with Crippen LogP contribution >= 0.6 is 11.3 Å². The molecule has 0 spiro atoms. The van der Waals surface area contributed by atoms with E-state index in [1.54, 1.807) is 11.3 Å². The first-order valence-corrected chi connectivity index (χ1v) is 8.40. The van der Waals surface area contributed by atoms with E-state index in [9.17, 15) is 4.79 Å². The molecule has 0 bridgehead atoms. The normalized spacial score (nSPS) is 17.6. The topological polar surface area (TPSA) is 26.3 Å². The van der Waals surface area contributed by atoms with Crippen molar-refractivity contribution in [2.45, 2.75) is 45.1 Å². The number of carbonyl (C=O) groups excluding carboxylic acids is 1. The number of rotatable bonds is 4. The molecule has 110 valence electrons. The average Bonchev–Trinajstić information content (AvgIpc) is 2.95. The highest BCUT2D eigenvalue weighted by atomic mass is 32.1. The molecule has 0 saturated heterocycles. The van der Waals surface area contributed by atoms with Crippen LogP contribution in [0, 0.1) is 0 Å². The Kier molecular flexibility index (Phi) is 4.11. The molecule has 0 N–H and O–H groups in total. The van der Waals surface area contributed by atoms with Crippen molar-refractivity contribution in [3.8, 4) is 5.75 Å². The Hall–Kier alpha value is -1.61. The summed E-state index contributed by atoms with van der Waals surface area (Å²) in [7, 11) is 0. The molecule has 1 aliphatic carbocycles. The summed E-state index contributed by atoms with van der Waals surface area (Å²) in [5.74, 6) is 1.10. The average molecular weight is 300 g/mol. The van der Waals surface area contributed by atoms with Crippen LogP contribution in [-0.4, -0.2) is 11.9 Å². The molecule has 3 rings (SSSR count). The van der Waals surface area contributed by atoms with Crippen molar-refractivity contribution in [3.05, 3.63) is 51.7 Å². The molecule has 1 aromatic heterocycles. The molecule has 2 aromatic rings. The molecule has 0 fully saturated rings. The summed E-state index contributed by atoms with van der Waals surface area (Å²) < 4.78 is 5.63. The molecule has 1 aliphatic rings. The monoisotopic (exact) mass is 300 g/mol. The number of hydrogen-bond acceptors (Lipinski definition) is 3. The van der Waals surface area contributed by atoms with Crippen molar-refractivity contribution < 1.29 is 9.53 Å². The number of aryl methyl sites for hydroxylation is 1. The second kappa shape index (κ2) is 6.02. The highest BCUT2D eigenvalue weighted by Crippen LogP contribution is 2.37. The molecular formula is C18H20O2S. The quantitative estimate of drug-likeness (QED) is 0.755. The van der Waals surface area contributed by atoms with Crippen molar-refractivity contribution >= 4 is 17.1 Å². The van der Waals surface area contributed by atoms with Gasteiger partial charge in [-0.05, 0) is 74.4 Å². The molecule has 2 nitrogen and oxygen atoms in total. The summed E-state index contributed by atoms with van der Waals surface area (Å²) in [5, 5.41) is 2.11. The van der Waals surface area contributed by atoms with Crippen molar-refractivity contribution in [1.29, 1.82) is 0 Å². The molecule has 3 heteroatoms. The minimum Gasteiger partial charge on any atom is -0.491 e. The third-order valence-electron chi connectivity index (χ3n) is 3.88. The van der Waals surface area contributed by atoms with E-state index >= 15 is 0 Å². The summed E-state index contributed by atoms with van der Waals surface area (Å²) in [5.41, 5.74) is 2.04. The van der Waals surface area contributed by atoms with E-state index in [1.807, 2.05) is 38.1 Å². The van der Waals surface area contributed by atoms with Gasteiger partial charge in [0.05, 0.1) is 6.10 Å². The summed E-state index contributed by atoms with van der Waals surface area (Å²) in [6.45, 7) is 4.00. The molecule has 1 atom stereocenters. The van der Waals surface area contributed by atoms with Gasteiger partial charge in [0.2, 0.25) is 0 Å². The number of Topliss-reactive ketones (excluding diaryl/α,β-unsaturated/α-hetero) is 1. The van der Waals surface area contributed by atoms with Gasteiger partial charge in [-0.25, -0.2) is 0 Å². The van der Waals surface area contributed by atoms with Crippen LogP contribution in [0.4, 0.5) is 0 Å². The zero-order chi connectivity index (χ0) is 14.8. The lowest BCUT2D eigenvalue weighted by Crippen LogP contribution is -2.17. The minimum absolute atomic E-state index is 0.0388. The maximum absolute atomic E-state index is 12.8. The van der Waals surface area contributed by atoms with Gasteiger partial charge in [0.1, 0.15) is 5.75 Å². The van der Waals surface area contributed by atoms with Crippen LogP contribution in [0.25, 0.3) is 0 Å². The second-order valence-corrected chi connectivity index (χ2v) is 6.80. The molecule has 0 saturated carbocycles. The smallest absolute Gasteiger partial charge is 0.170 e. The Morgan fingerprint density at radius 1 is 1.24 bits per heavy atom. The van der Waals surface area contributed by atoms with Crippen LogP contribution in [0.5, 0.6) is 5.75 Å². The van der Waals surface area contributed by atoms with Gasteiger partial charge in [-0.1, -0.05) is 0 Å². The molecule has 0 amide bonds. The van der Waals surface area contributed by atoms with Gasteiger partial charge in [0.15, 0.2) is 5.78 Å². The van der Waals surface area contributed by atoms with E-state index < -0.39 is 0 Å². The van der Waals surface area contributed by atoms with Crippen molar-refractivity contribution in [3.63, 3.8) is 0 Å². The first kappa shape index (κ1) is 14.3. The number of ketones is 1. The van der Waals surface area contributed by atoms with E-state index in [-0.39, 0.29) is 17.8 Å². The van der Waals surface area contributed by atoms with Gasteiger partial charge in [0, 0.05) is 16.4 Å². The number of carbonyl (C=O) groups is 1. The van der Waals surface area contributed by atoms with Gasteiger partial charge in [-0.15, -0.1) is 11.3 Å². The van der Waals surface area contributed by atoms with Gasteiger partial charge in [-0.2, -0.15) is 0 Å². The van der Waals surface area contributed by atoms with Crippen LogP contribution in [0.15, 0.2) is 35.7 Å². The van der Waals surface area contributed by atoms with Crippen LogP contribution in [-0.2, 0) is 6.42 Å². The van der Waals surface area contributed by atoms with E-state index in [1.165, 1.54) is 10.4 Å². The van der Waals surface area contributed by atoms with Crippen LogP contribution in [0.1, 0.15) is 53.4 Å². The van der Waals surface area contributed by atoms with E-state index in [0.717, 1.165) is 30.6 Å². The van der Waals surface area contributed by atoms with E-state index in [4.69, 9.17) is 4.74 Å². The van der Waals surface area contributed by atoms with Crippen LogP contribution < -0.4 is 4.74 Å². The van der Waals surface area contributed by atoms with Crippen LogP contribution in [0.2, 0.25) is 0 Å². The Bertz CT molecular complexity index is 625. The zero-order valence-electron chi connectivity index (χ0n) is 12.5. The molecule has 1 heterocycles. The van der Waals surface area contributed by atoms with E-state index in [0.29, 0.717) is 0 Å². The Labute approximate surface area is 129 Å². The highest BCUT2D eigenvalue weighted by Gasteiger charge is 2.27. The van der Waals surface area contributed by atoms with Gasteiger partial charge < -0.3 is 4.74 Å². The number of benzene rings is 1. The highest BCUT2D eigenvalue weighted by molar-refractivity contribution is 7.10. The predicted octanol–water partition coefficient (Wildman–Crippen LogP) is 4.84. The summed E-state index contributed by atoms with van der Waals surface area (Å²) >= 11 is 1.78. The predicted molar refractivity (Wildman–Crippen MR) is 86.5 cm³/mol. The summed E-state index contributed by atoms with van der Waals surface area (Å²) in [4.78, 5) is 14.1. The fourth-order valence-corrected chi connectivity index (χ4v) is 3.92. The molecule has 21 heavy (non-hydrogen) atoms.